The van der Waals surface area contributed by atoms with Crippen molar-refractivity contribution in [2.45, 2.75) is 12.8 Å². The molecule has 1 N–H and O–H groups in total. The van der Waals surface area contributed by atoms with Crippen molar-refractivity contribution in [3.05, 3.63) is 38.4 Å². The maximum Gasteiger partial charge on any atom is 0.288 e. The van der Waals surface area contributed by atoms with E-state index in [9.17, 15) is 10.1 Å². The van der Waals surface area contributed by atoms with E-state index in [-0.39, 0.29) is 18.1 Å². The van der Waals surface area contributed by atoms with E-state index in [4.69, 9.17) is 11.6 Å². The van der Waals surface area contributed by atoms with Gasteiger partial charge in [-0.25, -0.2) is 0 Å². The highest BCUT2D eigenvalue weighted by atomic mass is 35.5. The summed E-state index contributed by atoms with van der Waals surface area (Å²) < 4.78 is 0. The SMILES string of the molecule is Cl.O=[N+]([O-])c1ccc2c(c1Cl)CCNCC2. The number of hydrogen-bond acceptors (Lipinski definition) is 3. The van der Waals surface area contributed by atoms with Crippen LogP contribution in [0.2, 0.25) is 5.02 Å². The molecule has 0 radical (unpaired) electrons. The quantitative estimate of drug-likeness (QED) is 0.625. The highest BCUT2D eigenvalue weighted by Crippen LogP contribution is 2.31. The average molecular weight is 263 g/mol. The van der Waals surface area contributed by atoms with E-state index in [2.05, 4.69) is 5.32 Å². The minimum Gasteiger partial charge on any atom is -0.316 e. The van der Waals surface area contributed by atoms with Crippen LogP contribution >= 0.6 is 24.0 Å². The Morgan fingerprint density at radius 2 is 2.00 bits per heavy atom. The van der Waals surface area contributed by atoms with Crippen LogP contribution in [-0.2, 0) is 12.8 Å². The molecular weight excluding hydrogens is 251 g/mol. The fourth-order valence-electron chi connectivity index (χ4n) is 1.86. The van der Waals surface area contributed by atoms with Gasteiger partial charge in [0.2, 0.25) is 0 Å². The second-order valence-electron chi connectivity index (χ2n) is 3.54. The Labute approximate surface area is 105 Å². The number of hydrogen-bond donors (Lipinski definition) is 1. The maximum absolute atomic E-state index is 10.7. The normalized spacial score (nSPS) is 14.6. The molecule has 1 aliphatic rings. The molecule has 88 valence electrons. The number of nitro groups is 1. The molecule has 1 heterocycles. The molecule has 1 aliphatic heterocycles. The Bertz CT molecular complexity index is 410. The number of rotatable bonds is 1. The van der Waals surface area contributed by atoms with Crippen LogP contribution in [0.15, 0.2) is 12.1 Å². The van der Waals surface area contributed by atoms with Crippen molar-refractivity contribution >= 4 is 29.7 Å². The number of benzene rings is 1. The first-order valence-corrected chi connectivity index (χ1v) is 5.23. The molecule has 0 bridgehead atoms. The molecule has 0 amide bonds. The Hall–Kier alpha value is -0.840. The van der Waals surface area contributed by atoms with Gasteiger partial charge in [-0.15, -0.1) is 12.4 Å². The lowest BCUT2D eigenvalue weighted by Gasteiger charge is -2.07. The van der Waals surface area contributed by atoms with E-state index >= 15 is 0 Å². The lowest BCUT2D eigenvalue weighted by Crippen LogP contribution is -2.16. The van der Waals surface area contributed by atoms with Gasteiger partial charge in [-0.2, -0.15) is 0 Å². The molecule has 0 atom stereocenters. The molecule has 0 saturated heterocycles. The summed E-state index contributed by atoms with van der Waals surface area (Å²) in [6.45, 7) is 1.73. The van der Waals surface area contributed by atoms with E-state index in [1.165, 1.54) is 6.07 Å². The second kappa shape index (κ2) is 5.48. The summed E-state index contributed by atoms with van der Waals surface area (Å²) >= 11 is 6.02. The fraction of sp³-hybridized carbons (Fsp3) is 0.400. The fourth-order valence-corrected chi connectivity index (χ4v) is 2.20. The summed E-state index contributed by atoms with van der Waals surface area (Å²) in [7, 11) is 0. The lowest BCUT2D eigenvalue weighted by molar-refractivity contribution is -0.384. The monoisotopic (exact) mass is 262 g/mol. The first kappa shape index (κ1) is 13.2. The van der Waals surface area contributed by atoms with Crippen LogP contribution < -0.4 is 5.32 Å². The van der Waals surface area contributed by atoms with Crippen molar-refractivity contribution in [3.8, 4) is 0 Å². The van der Waals surface area contributed by atoms with E-state index < -0.39 is 4.92 Å². The van der Waals surface area contributed by atoms with Gasteiger partial charge in [0.15, 0.2) is 0 Å². The molecule has 0 unspecified atom stereocenters. The van der Waals surface area contributed by atoms with Crippen LogP contribution in [0.3, 0.4) is 0 Å². The zero-order valence-electron chi connectivity index (χ0n) is 8.53. The van der Waals surface area contributed by atoms with Crippen LogP contribution in [-0.4, -0.2) is 18.0 Å². The van der Waals surface area contributed by atoms with Gasteiger partial charge in [0.1, 0.15) is 5.02 Å². The van der Waals surface area contributed by atoms with Crippen LogP contribution in [0.25, 0.3) is 0 Å². The predicted octanol–water partition coefficient (Wildman–Crippen LogP) is 2.36. The third-order valence-corrected chi connectivity index (χ3v) is 3.06. The second-order valence-corrected chi connectivity index (χ2v) is 3.92. The van der Waals surface area contributed by atoms with Gasteiger partial charge < -0.3 is 5.32 Å². The number of nitrogens with zero attached hydrogens (tertiary/aromatic N) is 1. The van der Waals surface area contributed by atoms with Gasteiger partial charge in [-0.1, -0.05) is 17.7 Å². The van der Waals surface area contributed by atoms with Crippen LogP contribution in [0.4, 0.5) is 5.69 Å². The number of fused-ring (bicyclic) bond motifs is 1. The van der Waals surface area contributed by atoms with E-state index in [1.54, 1.807) is 0 Å². The molecule has 6 heteroatoms. The van der Waals surface area contributed by atoms with E-state index in [0.717, 1.165) is 37.1 Å². The first-order valence-electron chi connectivity index (χ1n) is 4.85. The van der Waals surface area contributed by atoms with Gasteiger partial charge in [0, 0.05) is 6.07 Å². The summed E-state index contributed by atoms with van der Waals surface area (Å²) in [5.41, 5.74) is 2.06. The van der Waals surface area contributed by atoms with Crippen LogP contribution in [0.1, 0.15) is 11.1 Å². The molecular formula is C10H12Cl2N2O2. The van der Waals surface area contributed by atoms with Crippen molar-refractivity contribution < 1.29 is 4.92 Å². The van der Waals surface area contributed by atoms with Gasteiger partial charge in [0.05, 0.1) is 4.92 Å². The minimum atomic E-state index is -0.430. The summed E-state index contributed by atoms with van der Waals surface area (Å²) in [6, 6.07) is 3.30. The highest BCUT2D eigenvalue weighted by Gasteiger charge is 2.19. The number of nitro benzene ring substituents is 1. The molecule has 0 fully saturated rings. The summed E-state index contributed by atoms with van der Waals surface area (Å²) in [5.74, 6) is 0. The van der Waals surface area contributed by atoms with Gasteiger partial charge in [-0.05, 0) is 37.1 Å². The Morgan fingerprint density at radius 3 is 2.69 bits per heavy atom. The van der Waals surface area contributed by atoms with Crippen molar-refractivity contribution in [1.29, 1.82) is 0 Å². The molecule has 1 aromatic carbocycles. The zero-order chi connectivity index (χ0) is 10.8. The largest absolute Gasteiger partial charge is 0.316 e. The van der Waals surface area contributed by atoms with Crippen molar-refractivity contribution in [2.24, 2.45) is 0 Å². The van der Waals surface area contributed by atoms with Gasteiger partial charge in [-0.3, -0.25) is 10.1 Å². The Kier molecular flexibility index (Phi) is 4.53. The van der Waals surface area contributed by atoms with Crippen molar-refractivity contribution in [3.63, 3.8) is 0 Å². The number of halogens is 2. The Balaban J connectivity index is 0.00000128. The average Bonchev–Trinajstić information content (AvgIpc) is 2.43. The topological polar surface area (TPSA) is 55.2 Å². The molecule has 4 nitrogen and oxygen atoms in total. The highest BCUT2D eigenvalue weighted by molar-refractivity contribution is 6.33. The van der Waals surface area contributed by atoms with Crippen LogP contribution in [0.5, 0.6) is 0 Å². The molecule has 16 heavy (non-hydrogen) atoms. The molecule has 0 saturated carbocycles. The van der Waals surface area contributed by atoms with Crippen molar-refractivity contribution in [2.75, 3.05) is 13.1 Å². The summed E-state index contributed by atoms with van der Waals surface area (Å²) in [6.07, 6.45) is 1.64. The molecule has 0 aromatic heterocycles. The zero-order valence-corrected chi connectivity index (χ0v) is 10.1. The summed E-state index contributed by atoms with van der Waals surface area (Å²) in [5, 5.41) is 14.2. The van der Waals surface area contributed by atoms with Gasteiger partial charge in [0.25, 0.3) is 5.69 Å². The van der Waals surface area contributed by atoms with Crippen molar-refractivity contribution in [1.82, 2.24) is 5.32 Å². The van der Waals surface area contributed by atoms with Crippen LogP contribution in [0, 0.1) is 10.1 Å². The molecule has 2 rings (SSSR count). The maximum atomic E-state index is 10.7. The molecule has 0 spiro atoms. The van der Waals surface area contributed by atoms with E-state index in [0.29, 0.717) is 5.02 Å². The molecule has 0 aliphatic carbocycles. The first-order chi connectivity index (χ1) is 7.20. The molecule has 1 aromatic rings. The van der Waals surface area contributed by atoms with Gasteiger partial charge >= 0.3 is 0 Å². The standard InChI is InChI=1S/C10H11ClN2O2.ClH/c11-10-8-4-6-12-5-3-7(8)1-2-9(10)13(14)15;/h1-2,12H,3-6H2;1H. The third-order valence-electron chi connectivity index (χ3n) is 2.64. The predicted molar refractivity (Wildman–Crippen MR) is 65.6 cm³/mol. The smallest absolute Gasteiger partial charge is 0.288 e. The minimum absolute atomic E-state index is 0. The number of nitrogens with one attached hydrogen (secondary N) is 1. The Morgan fingerprint density at radius 1 is 1.31 bits per heavy atom. The third kappa shape index (κ3) is 2.45. The summed E-state index contributed by atoms with van der Waals surface area (Å²) in [4.78, 5) is 10.3. The lowest BCUT2D eigenvalue weighted by atomic mass is 10.0. The van der Waals surface area contributed by atoms with E-state index in [1.807, 2.05) is 6.07 Å².